The van der Waals surface area contributed by atoms with Crippen LogP contribution in [0.5, 0.6) is 0 Å². The van der Waals surface area contributed by atoms with Crippen molar-refractivity contribution in [2.45, 2.75) is 18.9 Å². The predicted molar refractivity (Wildman–Crippen MR) is 45.1 cm³/mol. The number of aliphatic carboxylic acids is 1. The number of nitrogens with two attached hydrogens (primary N) is 1. The van der Waals surface area contributed by atoms with Crippen LogP contribution < -0.4 is 11.1 Å². The number of aliphatic hydroxyl groups excluding tert-OH is 1. The molecule has 1 unspecified atom stereocenters. The summed E-state index contributed by atoms with van der Waals surface area (Å²) in [6.07, 6.45) is -0.223. The first-order chi connectivity index (χ1) is 6.47. The number of carboxylic acid groups (broad SMARTS) is 1. The maximum atomic E-state index is 10.6. The number of carbonyl (C=O) groups is 3. The largest absolute Gasteiger partial charge is 0.480 e. The molecule has 1 atom stereocenters. The molecular weight excluding hydrogens is 192 g/mol. The van der Waals surface area contributed by atoms with E-state index in [1.54, 1.807) is 0 Å². The number of rotatable bonds is 6. The molecule has 0 aromatic heterocycles. The number of carboxylic acids is 1. The zero-order valence-electron chi connectivity index (χ0n) is 7.40. The molecule has 0 aromatic carbocycles. The van der Waals surface area contributed by atoms with Gasteiger partial charge in [0.05, 0.1) is 0 Å². The molecule has 0 rings (SSSR count). The van der Waals surface area contributed by atoms with Gasteiger partial charge in [-0.1, -0.05) is 0 Å². The summed E-state index contributed by atoms with van der Waals surface area (Å²) in [6, 6.07) is -1.19. The number of amides is 2. The van der Waals surface area contributed by atoms with Crippen LogP contribution >= 0.6 is 0 Å². The van der Waals surface area contributed by atoms with Crippen molar-refractivity contribution in [2.24, 2.45) is 5.73 Å². The molecule has 0 aliphatic rings. The lowest BCUT2D eigenvalue weighted by Crippen LogP contribution is -2.42. The summed E-state index contributed by atoms with van der Waals surface area (Å²) in [7, 11) is 0. The molecule has 0 spiro atoms. The second-order valence-electron chi connectivity index (χ2n) is 2.62. The van der Waals surface area contributed by atoms with E-state index in [1.807, 2.05) is 5.32 Å². The minimum atomic E-state index is -1.27. The van der Waals surface area contributed by atoms with E-state index in [-0.39, 0.29) is 12.8 Å². The fourth-order valence-electron chi connectivity index (χ4n) is 0.784. The van der Waals surface area contributed by atoms with Crippen LogP contribution in [0.4, 0.5) is 0 Å². The quantitative estimate of drug-likeness (QED) is 0.390. The number of hydrogen-bond donors (Lipinski definition) is 4. The Kier molecular flexibility index (Phi) is 5.23. The lowest BCUT2D eigenvalue weighted by atomic mass is 10.1. The van der Waals surface area contributed by atoms with E-state index >= 15 is 0 Å². The van der Waals surface area contributed by atoms with Gasteiger partial charge in [-0.15, -0.1) is 0 Å². The molecule has 0 heterocycles. The molecule has 0 radical (unpaired) electrons. The zero-order chi connectivity index (χ0) is 11.1. The van der Waals surface area contributed by atoms with Gasteiger partial charge < -0.3 is 21.3 Å². The summed E-state index contributed by atoms with van der Waals surface area (Å²) in [5, 5.41) is 19.0. The van der Waals surface area contributed by atoms with Crippen LogP contribution in [-0.2, 0) is 14.4 Å². The van der Waals surface area contributed by atoms with Gasteiger partial charge in [0.25, 0.3) is 0 Å². The molecule has 0 aliphatic carbocycles. The smallest absolute Gasteiger partial charge is 0.326 e. The van der Waals surface area contributed by atoms with Crippen molar-refractivity contribution in [3.63, 3.8) is 0 Å². The lowest BCUT2D eigenvalue weighted by Gasteiger charge is -2.12. The maximum Gasteiger partial charge on any atom is 0.326 e. The molecule has 0 saturated carbocycles. The Hall–Kier alpha value is -1.63. The van der Waals surface area contributed by atoms with Gasteiger partial charge in [-0.25, -0.2) is 4.79 Å². The van der Waals surface area contributed by atoms with Gasteiger partial charge in [-0.3, -0.25) is 9.59 Å². The summed E-state index contributed by atoms with van der Waals surface area (Å²) >= 11 is 0. The maximum absolute atomic E-state index is 10.6. The van der Waals surface area contributed by atoms with Gasteiger partial charge in [0, 0.05) is 6.42 Å². The second kappa shape index (κ2) is 5.92. The summed E-state index contributed by atoms with van der Waals surface area (Å²) in [5.41, 5.74) is 4.81. The van der Waals surface area contributed by atoms with Gasteiger partial charge in [-0.2, -0.15) is 0 Å². The zero-order valence-corrected chi connectivity index (χ0v) is 7.40. The summed E-state index contributed by atoms with van der Waals surface area (Å²) < 4.78 is 0. The van der Waals surface area contributed by atoms with Crippen molar-refractivity contribution < 1.29 is 24.6 Å². The van der Waals surface area contributed by atoms with Crippen LogP contribution in [-0.4, -0.2) is 40.6 Å². The number of aliphatic hydroxyl groups is 1. The number of hydrogen-bond acceptors (Lipinski definition) is 4. The van der Waals surface area contributed by atoms with Crippen molar-refractivity contribution in [3.8, 4) is 0 Å². The molecular formula is C7H12N2O5. The van der Waals surface area contributed by atoms with E-state index < -0.39 is 30.4 Å². The normalized spacial score (nSPS) is 11.8. The van der Waals surface area contributed by atoms with E-state index in [9.17, 15) is 14.4 Å². The second-order valence-corrected chi connectivity index (χ2v) is 2.62. The van der Waals surface area contributed by atoms with Crippen molar-refractivity contribution in [3.05, 3.63) is 0 Å². The molecule has 0 aliphatic heterocycles. The molecule has 0 saturated heterocycles. The van der Waals surface area contributed by atoms with Crippen molar-refractivity contribution in [1.82, 2.24) is 5.32 Å². The molecule has 2 amide bonds. The third-order valence-corrected chi connectivity index (χ3v) is 1.46. The Balaban J connectivity index is 4.09. The highest BCUT2D eigenvalue weighted by Gasteiger charge is 2.19. The summed E-state index contributed by atoms with van der Waals surface area (Å²) in [5.74, 6) is -2.72. The van der Waals surface area contributed by atoms with Crippen LogP contribution in [0.1, 0.15) is 12.8 Å². The fraction of sp³-hybridized carbons (Fsp3) is 0.571. The van der Waals surface area contributed by atoms with E-state index in [4.69, 9.17) is 15.9 Å². The topological polar surface area (TPSA) is 130 Å². The third kappa shape index (κ3) is 5.09. The van der Waals surface area contributed by atoms with E-state index in [1.165, 1.54) is 0 Å². The molecule has 5 N–H and O–H groups in total. The molecule has 7 nitrogen and oxygen atoms in total. The molecule has 14 heavy (non-hydrogen) atoms. The van der Waals surface area contributed by atoms with Crippen LogP contribution in [0.25, 0.3) is 0 Å². The van der Waals surface area contributed by atoms with Gasteiger partial charge in [0.15, 0.2) is 0 Å². The molecule has 7 heteroatoms. The Morgan fingerprint density at radius 2 is 1.93 bits per heavy atom. The Bertz CT molecular complexity index is 240. The SMILES string of the molecule is NC(=O)CCC(NC(=O)CO)C(=O)O. The standard InChI is InChI=1S/C7H12N2O5/c8-5(11)2-1-4(7(13)14)9-6(12)3-10/h4,10H,1-3H2,(H2,8,11)(H,9,12)(H,13,14). The number of primary amides is 1. The minimum absolute atomic E-state index is 0.0869. The first-order valence-electron chi connectivity index (χ1n) is 3.88. The van der Waals surface area contributed by atoms with Crippen molar-refractivity contribution in [1.29, 1.82) is 0 Å². The van der Waals surface area contributed by atoms with Gasteiger partial charge in [0.2, 0.25) is 11.8 Å². The van der Waals surface area contributed by atoms with Crippen molar-refractivity contribution in [2.75, 3.05) is 6.61 Å². The average molecular weight is 204 g/mol. The van der Waals surface area contributed by atoms with Crippen LogP contribution in [0.2, 0.25) is 0 Å². The highest BCUT2D eigenvalue weighted by atomic mass is 16.4. The van der Waals surface area contributed by atoms with E-state index in [2.05, 4.69) is 0 Å². The summed E-state index contributed by atoms with van der Waals surface area (Å²) in [6.45, 7) is -0.791. The highest BCUT2D eigenvalue weighted by molar-refractivity contribution is 5.84. The predicted octanol–water partition coefficient (Wildman–Crippen LogP) is -2.19. The Morgan fingerprint density at radius 1 is 1.36 bits per heavy atom. The molecule has 0 fully saturated rings. The Morgan fingerprint density at radius 3 is 2.29 bits per heavy atom. The monoisotopic (exact) mass is 204 g/mol. The number of nitrogens with one attached hydrogen (secondary N) is 1. The Labute approximate surface area is 79.9 Å². The minimum Gasteiger partial charge on any atom is -0.480 e. The van der Waals surface area contributed by atoms with E-state index in [0.717, 1.165) is 0 Å². The third-order valence-electron chi connectivity index (χ3n) is 1.46. The van der Waals surface area contributed by atoms with Crippen LogP contribution in [0, 0.1) is 0 Å². The first-order valence-corrected chi connectivity index (χ1v) is 3.88. The molecule has 80 valence electrons. The summed E-state index contributed by atoms with van der Waals surface area (Å²) in [4.78, 5) is 31.5. The highest BCUT2D eigenvalue weighted by Crippen LogP contribution is 1.96. The van der Waals surface area contributed by atoms with Crippen LogP contribution in [0.15, 0.2) is 0 Å². The van der Waals surface area contributed by atoms with Gasteiger partial charge in [0.1, 0.15) is 12.6 Å². The lowest BCUT2D eigenvalue weighted by molar-refractivity contribution is -0.142. The first kappa shape index (κ1) is 12.4. The average Bonchev–Trinajstić information content (AvgIpc) is 2.10. The molecule has 0 bridgehead atoms. The van der Waals surface area contributed by atoms with Gasteiger partial charge in [-0.05, 0) is 6.42 Å². The molecule has 0 aromatic rings. The fourth-order valence-corrected chi connectivity index (χ4v) is 0.784. The van der Waals surface area contributed by atoms with E-state index in [0.29, 0.717) is 0 Å². The number of carbonyl (C=O) groups excluding carboxylic acids is 2. The van der Waals surface area contributed by atoms with Crippen molar-refractivity contribution >= 4 is 17.8 Å². The van der Waals surface area contributed by atoms with Crippen LogP contribution in [0.3, 0.4) is 0 Å². The van der Waals surface area contributed by atoms with Gasteiger partial charge >= 0.3 is 5.97 Å².